The summed E-state index contributed by atoms with van der Waals surface area (Å²) in [5.74, 6) is 0.949. The summed E-state index contributed by atoms with van der Waals surface area (Å²) in [6, 6.07) is 14.0. The third kappa shape index (κ3) is 2.95. The van der Waals surface area contributed by atoms with Crippen LogP contribution >= 0.6 is 11.8 Å². The van der Waals surface area contributed by atoms with Crippen LogP contribution in [0.4, 0.5) is 0 Å². The Labute approximate surface area is 135 Å². The summed E-state index contributed by atoms with van der Waals surface area (Å²) < 4.78 is 5.23. The number of rotatable bonds is 3. The van der Waals surface area contributed by atoms with E-state index in [1.54, 1.807) is 18.9 Å². The summed E-state index contributed by atoms with van der Waals surface area (Å²) in [4.78, 5) is 13.9. The van der Waals surface area contributed by atoms with Gasteiger partial charge in [-0.1, -0.05) is 12.1 Å². The van der Waals surface area contributed by atoms with E-state index in [1.165, 1.54) is 4.90 Å². The Balaban J connectivity index is 1.89. The SMILES string of the molecule is COc1ccc2c(c1)CCC(=Cc1ccc(SC)cc1)C2=O. The highest BCUT2D eigenvalue weighted by molar-refractivity contribution is 7.98. The second-order valence-electron chi connectivity index (χ2n) is 5.29. The smallest absolute Gasteiger partial charge is 0.189 e. The Bertz CT molecular complexity index is 730. The number of ether oxygens (including phenoxy) is 1. The van der Waals surface area contributed by atoms with Gasteiger partial charge in [-0.3, -0.25) is 4.79 Å². The van der Waals surface area contributed by atoms with E-state index in [0.29, 0.717) is 0 Å². The Morgan fingerprint density at radius 2 is 1.86 bits per heavy atom. The van der Waals surface area contributed by atoms with Crippen molar-refractivity contribution in [3.05, 3.63) is 64.7 Å². The van der Waals surface area contributed by atoms with E-state index in [-0.39, 0.29) is 5.78 Å². The van der Waals surface area contributed by atoms with Crippen molar-refractivity contribution in [1.82, 2.24) is 0 Å². The average molecular weight is 310 g/mol. The minimum absolute atomic E-state index is 0.137. The average Bonchev–Trinajstić information content (AvgIpc) is 2.57. The topological polar surface area (TPSA) is 26.3 Å². The molecule has 0 heterocycles. The number of thioether (sulfide) groups is 1. The third-order valence-corrected chi connectivity index (χ3v) is 4.71. The standard InChI is InChI=1S/C19H18O2S/c1-21-16-7-10-18-14(12-16)5-6-15(19(18)20)11-13-3-8-17(22-2)9-4-13/h3-4,7-12H,5-6H2,1-2H3. The predicted molar refractivity (Wildman–Crippen MR) is 91.8 cm³/mol. The van der Waals surface area contributed by atoms with Crippen molar-refractivity contribution in [1.29, 1.82) is 0 Å². The van der Waals surface area contributed by atoms with Crippen LogP contribution in [0.1, 0.15) is 27.9 Å². The van der Waals surface area contributed by atoms with Gasteiger partial charge in [0.15, 0.2) is 5.78 Å². The van der Waals surface area contributed by atoms with E-state index in [2.05, 4.69) is 30.5 Å². The predicted octanol–water partition coefficient (Wildman–Crippen LogP) is 4.63. The van der Waals surface area contributed by atoms with E-state index in [1.807, 2.05) is 24.3 Å². The molecule has 0 saturated carbocycles. The Kier molecular flexibility index (Phi) is 4.34. The molecule has 22 heavy (non-hydrogen) atoms. The molecule has 2 nitrogen and oxygen atoms in total. The monoisotopic (exact) mass is 310 g/mol. The van der Waals surface area contributed by atoms with Crippen molar-refractivity contribution in [3.8, 4) is 5.75 Å². The lowest BCUT2D eigenvalue weighted by atomic mass is 9.86. The zero-order valence-corrected chi connectivity index (χ0v) is 13.6. The van der Waals surface area contributed by atoms with Gasteiger partial charge in [0.1, 0.15) is 5.75 Å². The van der Waals surface area contributed by atoms with Gasteiger partial charge in [0, 0.05) is 16.0 Å². The van der Waals surface area contributed by atoms with Crippen LogP contribution in [0.25, 0.3) is 6.08 Å². The largest absolute Gasteiger partial charge is 0.497 e. The molecule has 0 fully saturated rings. The van der Waals surface area contributed by atoms with Gasteiger partial charge in [0.2, 0.25) is 0 Å². The third-order valence-electron chi connectivity index (χ3n) is 3.97. The minimum Gasteiger partial charge on any atom is -0.497 e. The summed E-state index contributed by atoms with van der Waals surface area (Å²) in [6.07, 6.45) is 5.74. The van der Waals surface area contributed by atoms with Gasteiger partial charge in [-0.2, -0.15) is 0 Å². The lowest BCUT2D eigenvalue weighted by molar-refractivity contribution is 0.102. The highest BCUT2D eigenvalue weighted by Gasteiger charge is 2.22. The van der Waals surface area contributed by atoms with Gasteiger partial charge < -0.3 is 4.74 Å². The lowest BCUT2D eigenvalue weighted by Crippen LogP contribution is -2.14. The molecule has 0 unspecified atom stereocenters. The number of carbonyl (C=O) groups is 1. The van der Waals surface area contributed by atoms with Crippen LogP contribution in [0.5, 0.6) is 5.75 Å². The van der Waals surface area contributed by atoms with E-state index in [9.17, 15) is 4.79 Å². The van der Waals surface area contributed by atoms with Gasteiger partial charge in [0.05, 0.1) is 7.11 Å². The maximum Gasteiger partial charge on any atom is 0.189 e. The Morgan fingerprint density at radius 3 is 2.55 bits per heavy atom. The van der Waals surface area contributed by atoms with Crippen molar-refractivity contribution in [3.63, 3.8) is 0 Å². The number of carbonyl (C=O) groups excluding carboxylic acids is 1. The number of hydrogen-bond donors (Lipinski definition) is 0. The summed E-state index contributed by atoms with van der Waals surface area (Å²) in [7, 11) is 1.65. The summed E-state index contributed by atoms with van der Waals surface area (Å²) in [5.41, 5.74) is 3.85. The van der Waals surface area contributed by atoms with Crippen LogP contribution < -0.4 is 4.74 Å². The first-order valence-corrected chi connectivity index (χ1v) is 8.50. The van der Waals surface area contributed by atoms with Crippen LogP contribution in [0.3, 0.4) is 0 Å². The molecule has 1 aliphatic carbocycles. The normalized spacial score (nSPS) is 15.7. The van der Waals surface area contributed by atoms with Crippen molar-refractivity contribution in [2.24, 2.45) is 0 Å². The van der Waals surface area contributed by atoms with Crippen molar-refractivity contribution in [2.45, 2.75) is 17.7 Å². The fraction of sp³-hybridized carbons (Fsp3) is 0.211. The number of hydrogen-bond acceptors (Lipinski definition) is 3. The molecule has 3 heteroatoms. The number of aryl methyl sites for hydroxylation is 1. The van der Waals surface area contributed by atoms with Crippen LogP contribution in [0.15, 0.2) is 52.9 Å². The first kappa shape index (κ1) is 14.9. The number of allylic oxidation sites excluding steroid dienone is 1. The lowest BCUT2D eigenvalue weighted by Gasteiger charge is -2.18. The molecule has 3 rings (SSSR count). The molecule has 0 amide bonds. The molecular formula is C19H18O2S. The van der Waals surface area contributed by atoms with Crippen LogP contribution in [-0.4, -0.2) is 19.1 Å². The number of Topliss-reactive ketones (excluding diaryl/α,β-unsaturated/α-hetero) is 1. The highest BCUT2D eigenvalue weighted by Crippen LogP contribution is 2.29. The van der Waals surface area contributed by atoms with Gasteiger partial charge in [-0.25, -0.2) is 0 Å². The fourth-order valence-corrected chi connectivity index (χ4v) is 3.13. The zero-order chi connectivity index (χ0) is 15.5. The number of ketones is 1. The van der Waals surface area contributed by atoms with Crippen LogP contribution in [-0.2, 0) is 6.42 Å². The van der Waals surface area contributed by atoms with Crippen LogP contribution in [0.2, 0.25) is 0 Å². The number of methoxy groups -OCH3 is 1. The zero-order valence-electron chi connectivity index (χ0n) is 12.8. The van der Waals surface area contributed by atoms with E-state index < -0.39 is 0 Å². The molecule has 0 aromatic heterocycles. The molecule has 0 saturated heterocycles. The van der Waals surface area contributed by atoms with Gasteiger partial charge in [-0.05, 0) is 66.6 Å². The van der Waals surface area contributed by atoms with E-state index in [4.69, 9.17) is 4.74 Å². The molecule has 0 bridgehead atoms. The Morgan fingerprint density at radius 1 is 1.09 bits per heavy atom. The summed E-state index contributed by atoms with van der Waals surface area (Å²) in [6.45, 7) is 0. The van der Waals surface area contributed by atoms with E-state index >= 15 is 0 Å². The first-order valence-electron chi connectivity index (χ1n) is 7.27. The number of benzene rings is 2. The molecule has 0 aliphatic heterocycles. The molecule has 0 spiro atoms. The van der Waals surface area contributed by atoms with Gasteiger partial charge >= 0.3 is 0 Å². The summed E-state index contributed by atoms with van der Waals surface area (Å²) in [5, 5.41) is 0. The maximum atomic E-state index is 12.6. The van der Waals surface area contributed by atoms with Crippen molar-refractivity contribution < 1.29 is 9.53 Å². The molecule has 2 aromatic rings. The maximum absolute atomic E-state index is 12.6. The molecule has 1 aliphatic rings. The quantitative estimate of drug-likeness (QED) is 0.611. The summed E-state index contributed by atoms with van der Waals surface area (Å²) >= 11 is 1.72. The molecular weight excluding hydrogens is 292 g/mol. The molecule has 0 radical (unpaired) electrons. The van der Waals surface area contributed by atoms with Crippen molar-refractivity contribution >= 4 is 23.6 Å². The molecule has 0 N–H and O–H groups in total. The second-order valence-corrected chi connectivity index (χ2v) is 6.17. The molecule has 2 aromatic carbocycles. The minimum atomic E-state index is 0.137. The van der Waals surface area contributed by atoms with Crippen LogP contribution in [0, 0.1) is 0 Å². The van der Waals surface area contributed by atoms with Crippen molar-refractivity contribution in [2.75, 3.05) is 13.4 Å². The van der Waals surface area contributed by atoms with E-state index in [0.717, 1.165) is 40.9 Å². The highest BCUT2D eigenvalue weighted by atomic mass is 32.2. The Hall–Kier alpha value is -2.00. The first-order chi connectivity index (χ1) is 10.7. The molecule has 0 atom stereocenters. The second kappa shape index (κ2) is 6.41. The van der Waals surface area contributed by atoms with Gasteiger partial charge in [0.25, 0.3) is 0 Å². The van der Waals surface area contributed by atoms with Gasteiger partial charge in [-0.15, -0.1) is 11.8 Å². The molecule has 112 valence electrons. The fourth-order valence-electron chi connectivity index (χ4n) is 2.72. The number of fused-ring (bicyclic) bond motifs is 1.